The van der Waals surface area contributed by atoms with Gasteiger partial charge in [0.2, 0.25) is 5.91 Å². The van der Waals surface area contributed by atoms with Gasteiger partial charge in [0.05, 0.1) is 6.54 Å². The Morgan fingerprint density at radius 1 is 0.939 bits per heavy atom. The summed E-state index contributed by atoms with van der Waals surface area (Å²) in [6, 6.07) is 7.95. The van der Waals surface area contributed by atoms with Crippen LogP contribution in [0.1, 0.15) is 63.4 Å². The van der Waals surface area contributed by atoms with Gasteiger partial charge in [-0.1, -0.05) is 17.7 Å². The maximum atomic E-state index is 13.4. The number of benzene rings is 1. The second-order valence-electron chi connectivity index (χ2n) is 9.59. The van der Waals surface area contributed by atoms with E-state index in [0.717, 1.165) is 29.7 Å². The minimum absolute atomic E-state index is 0.0186. The van der Waals surface area contributed by atoms with Crippen LogP contribution in [0.4, 0.5) is 0 Å². The van der Waals surface area contributed by atoms with Gasteiger partial charge in [-0.2, -0.15) is 5.10 Å². The third kappa shape index (κ3) is 4.38. The Kier molecular flexibility index (Phi) is 5.68. The highest BCUT2D eigenvalue weighted by Gasteiger charge is 2.35. The number of aryl methyl sites for hydroxylation is 2. The maximum absolute atomic E-state index is 13.4. The molecule has 3 heterocycles. The number of amides is 3. The van der Waals surface area contributed by atoms with Gasteiger partial charge in [-0.05, 0) is 44.7 Å². The number of piperidine rings is 1. The fraction of sp³-hybridized carbons (Fsp3) is 0.520. The van der Waals surface area contributed by atoms with Crippen LogP contribution in [0.3, 0.4) is 0 Å². The lowest BCUT2D eigenvalue weighted by molar-refractivity contribution is -0.126. The van der Waals surface area contributed by atoms with E-state index in [1.807, 2.05) is 43.1 Å². The van der Waals surface area contributed by atoms with Crippen molar-refractivity contribution < 1.29 is 14.4 Å². The zero-order valence-electron chi connectivity index (χ0n) is 19.3. The van der Waals surface area contributed by atoms with Gasteiger partial charge in [0.25, 0.3) is 11.8 Å². The van der Waals surface area contributed by atoms with E-state index in [0.29, 0.717) is 62.7 Å². The second kappa shape index (κ2) is 8.65. The molecule has 0 unspecified atom stereocenters. The predicted octanol–water partition coefficient (Wildman–Crippen LogP) is 2.06. The minimum Gasteiger partial charge on any atom is -0.353 e. The number of rotatable bonds is 4. The van der Waals surface area contributed by atoms with Crippen LogP contribution in [0, 0.1) is 12.8 Å². The molecular formula is C25H31N5O3. The standard InChI is InChI=1S/C25H31N5O3/c1-16-3-5-18(6-4-16)24(32)30-14-11-21-20(15-30)22(27-28(21)2)25(33)29-12-9-17(10-13-29)23(31)26-19-7-8-19/h3-6,17,19H,7-15H2,1-2H3,(H,26,31). The van der Waals surface area contributed by atoms with E-state index in [-0.39, 0.29) is 23.6 Å². The molecule has 0 atom stereocenters. The fourth-order valence-electron chi connectivity index (χ4n) is 4.86. The molecule has 1 saturated heterocycles. The Labute approximate surface area is 193 Å². The molecule has 3 aliphatic rings. The van der Waals surface area contributed by atoms with Gasteiger partial charge >= 0.3 is 0 Å². The van der Waals surface area contributed by atoms with Crippen molar-refractivity contribution in [2.75, 3.05) is 19.6 Å². The van der Waals surface area contributed by atoms with E-state index >= 15 is 0 Å². The maximum Gasteiger partial charge on any atom is 0.274 e. The lowest BCUT2D eigenvalue weighted by atomic mass is 9.95. The van der Waals surface area contributed by atoms with Crippen LogP contribution in [0.2, 0.25) is 0 Å². The number of hydrogen-bond acceptors (Lipinski definition) is 4. The summed E-state index contributed by atoms with van der Waals surface area (Å²) in [5.41, 5.74) is 4.08. The van der Waals surface area contributed by atoms with E-state index < -0.39 is 0 Å². The summed E-state index contributed by atoms with van der Waals surface area (Å²) in [7, 11) is 1.86. The quantitative estimate of drug-likeness (QED) is 0.774. The summed E-state index contributed by atoms with van der Waals surface area (Å²) in [5, 5.41) is 7.64. The molecule has 1 saturated carbocycles. The number of fused-ring (bicyclic) bond motifs is 1. The molecule has 1 aromatic carbocycles. The highest BCUT2D eigenvalue weighted by molar-refractivity contribution is 5.96. The first-order chi connectivity index (χ1) is 15.9. The van der Waals surface area contributed by atoms with Crippen molar-refractivity contribution in [3.63, 3.8) is 0 Å². The molecule has 2 aromatic rings. The Hall–Kier alpha value is -3.16. The predicted molar refractivity (Wildman–Crippen MR) is 123 cm³/mol. The molecule has 1 N–H and O–H groups in total. The zero-order chi connectivity index (χ0) is 23.1. The lowest BCUT2D eigenvalue weighted by Crippen LogP contribution is -2.44. The number of carbonyl (C=O) groups is 3. The van der Waals surface area contributed by atoms with E-state index in [2.05, 4.69) is 10.4 Å². The summed E-state index contributed by atoms with van der Waals surface area (Å²) in [5.74, 6) is -0.0112. The van der Waals surface area contributed by atoms with Crippen molar-refractivity contribution in [1.29, 1.82) is 0 Å². The smallest absolute Gasteiger partial charge is 0.274 e. The molecule has 8 heteroatoms. The molecule has 0 spiro atoms. The van der Waals surface area contributed by atoms with E-state index in [4.69, 9.17) is 0 Å². The number of likely N-dealkylation sites (tertiary alicyclic amines) is 1. The van der Waals surface area contributed by atoms with Crippen LogP contribution in [-0.2, 0) is 24.8 Å². The molecule has 0 bridgehead atoms. The van der Waals surface area contributed by atoms with E-state index in [1.54, 1.807) is 9.58 Å². The van der Waals surface area contributed by atoms with E-state index in [1.165, 1.54) is 0 Å². The third-order valence-corrected chi connectivity index (χ3v) is 7.11. The van der Waals surface area contributed by atoms with Crippen molar-refractivity contribution in [2.24, 2.45) is 13.0 Å². The van der Waals surface area contributed by atoms with Gasteiger partial charge < -0.3 is 15.1 Å². The minimum atomic E-state index is -0.0995. The van der Waals surface area contributed by atoms with Crippen LogP contribution >= 0.6 is 0 Å². The largest absolute Gasteiger partial charge is 0.353 e. The molecule has 1 aliphatic carbocycles. The van der Waals surface area contributed by atoms with E-state index in [9.17, 15) is 14.4 Å². The monoisotopic (exact) mass is 449 g/mol. The summed E-state index contributed by atoms with van der Waals surface area (Å²) in [6.07, 6.45) is 4.19. The first kappa shape index (κ1) is 21.7. The van der Waals surface area contributed by atoms with Crippen LogP contribution in [0.15, 0.2) is 24.3 Å². The van der Waals surface area contributed by atoms with Gasteiger partial charge in [-0.15, -0.1) is 0 Å². The van der Waals surface area contributed by atoms with Crippen molar-refractivity contribution in [3.8, 4) is 0 Å². The molecule has 2 fully saturated rings. The van der Waals surface area contributed by atoms with Crippen LogP contribution in [0.25, 0.3) is 0 Å². The van der Waals surface area contributed by atoms with Crippen LogP contribution in [0.5, 0.6) is 0 Å². The van der Waals surface area contributed by atoms with Crippen molar-refractivity contribution in [1.82, 2.24) is 24.9 Å². The molecular weight excluding hydrogens is 418 g/mol. The van der Waals surface area contributed by atoms with Gasteiger partial charge in [0.15, 0.2) is 5.69 Å². The summed E-state index contributed by atoms with van der Waals surface area (Å²) >= 11 is 0. The topological polar surface area (TPSA) is 87.5 Å². The summed E-state index contributed by atoms with van der Waals surface area (Å²) < 4.78 is 1.78. The summed E-state index contributed by atoms with van der Waals surface area (Å²) in [6.45, 7) is 4.10. The molecule has 174 valence electrons. The molecule has 0 radical (unpaired) electrons. The van der Waals surface area contributed by atoms with Crippen LogP contribution in [-0.4, -0.2) is 63.0 Å². The van der Waals surface area contributed by atoms with Crippen LogP contribution < -0.4 is 5.32 Å². The molecule has 8 nitrogen and oxygen atoms in total. The van der Waals surface area contributed by atoms with Gasteiger partial charge in [0, 0.05) is 61.9 Å². The van der Waals surface area contributed by atoms with Gasteiger partial charge in [0.1, 0.15) is 0 Å². The summed E-state index contributed by atoms with van der Waals surface area (Å²) in [4.78, 5) is 42.4. The normalized spacial score (nSPS) is 18.7. The van der Waals surface area contributed by atoms with Crippen molar-refractivity contribution in [3.05, 3.63) is 52.3 Å². The SMILES string of the molecule is Cc1ccc(C(=O)N2CCc3c(c(C(=O)N4CCC(C(=O)NC5CC5)CC4)nn3C)C2)cc1. The molecule has 2 aliphatic heterocycles. The first-order valence-electron chi connectivity index (χ1n) is 11.9. The van der Waals surface area contributed by atoms with Crippen molar-refractivity contribution in [2.45, 2.75) is 51.6 Å². The highest BCUT2D eigenvalue weighted by Crippen LogP contribution is 2.27. The highest BCUT2D eigenvalue weighted by atomic mass is 16.2. The Balaban J connectivity index is 1.27. The van der Waals surface area contributed by atoms with Gasteiger partial charge in [-0.3, -0.25) is 19.1 Å². The Morgan fingerprint density at radius 3 is 2.30 bits per heavy atom. The third-order valence-electron chi connectivity index (χ3n) is 7.11. The second-order valence-corrected chi connectivity index (χ2v) is 9.59. The first-order valence-corrected chi connectivity index (χ1v) is 11.9. The lowest BCUT2D eigenvalue weighted by Gasteiger charge is -2.32. The molecule has 33 heavy (non-hydrogen) atoms. The number of hydrogen-bond donors (Lipinski definition) is 1. The number of carbonyl (C=O) groups excluding carboxylic acids is 3. The molecule has 1 aromatic heterocycles. The number of nitrogens with one attached hydrogen (secondary N) is 1. The zero-order valence-corrected chi connectivity index (χ0v) is 19.3. The Bertz CT molecular complexity index is 1080. The fourth-order valence-corrected chi connectivity index (χ4v) is 4.86. The number of nitrogens with zero attached hydrogens (tertiary/aromatic N) is 4. The Morgan fingerprint density at radius 2 is 1.64 bits per heavy atom. The number of aromatic nitrogens is 2. The van der Waals surface area contributed by atoms with Crippen molar-refractivity contribution >= 4 is 17.7 Å². The molecule has 3 amide bonds. The average Bonchev–Trinajstić information content (AvgIpc) is 3.59. The molecule has 5 rings (SSSR count). The average molecular weight is 450 g/mol. The van der Waals surface area contributed by atoms with Gasteiger partial charge in [-0.25, -0.2) is 0 Å².